The Hall–Kier alpha value is -3.17. The SMILES string of the molecule is CC1=C2[C](C=CN1)NC(=O)C(CC(=O)N[C@@H](C)c1ccc(F)cc1F)=C2C(F)(F)F.[HH].[HH]. The van der Waals surface area contributed by atoms with Crippen molar-refractivity contribution in [1.29, 1.82) is 0 Å². The third-order valence-electron chi connectivity index (χ3n) is 4.70. The average molecular weight is 430 g/mol. The first-order valence-corrected chi connectivity index (χ1v) is 8.86. The molecule has 0 aliphatic carbocycles. The number of halogens is 5. The lowest BCUT2D eigenvalue weighted by Crippen LogP contribution is -2.43. The smallest absolute Gasteiger partial charge is 0.365 e. The summed E-state index contributed by atoms with van der Waals surface area (Å²) >= 11 is 0. The lowest BCUT2D eigenvalue weighted by Gasteiger charge is -2.33. The summed E-state index contributed by atoms with van der Waals surface area (Å²) in [6.07, 6.45) is -3.08. The Morgan fingerprint density at radius 2 is 1.97 bits per heavy atom. The number of carbonyl (C=O) groups is 2. The van der Waals surface area contributed by atoms with Crippen molar-refractivity contribution in [3.63, 3.8) is 0 Å². The molecule has 0 unspecified atom stereocenters. The summed E-state index contributed by atoms with van der Waals surface area (Å²) in [5.74, 6) is -3.68. The molecular formula is C20H21F5N3O2. The molecule has 0 saturated carbocycles. The minimum atomic E-state index is -4.89. The topological polar surface area (TPSA) is 70.2 Å². The minimum absolute atomic E-state index is 0. The van der Waals surface area contributed by atoms with Gasteiger partial charge in [0.2, 0.25) is 11.8 Å². The number of amides is 2. The van der Waals surface area contributed by atoms with Gasteiger partial charge in [0, 0.05) is 31.3 Å². The van der Waals surface area contributed by atoms with E-state index in [1.54, 1.807) is 0 Å². The van der Waals surface area contributed by atoms with E-state index in [2.05, 4.69) is 16.0 Å². The molecule has 10 heteroatoms. The molecule has 0 fully saturated rings. The van der Waals surface area contributed by atoms with Gasteiger partial charge in [-0.1, -0.05) is 6.07 Å². The normalized spacial score (nSPS) is 18.0. The molecule has 0 saturated heterocycles. The van der Waals surface area contributed by atoms with E-state index in [4.69, 9.17) is 0 Å². The lowest BCUT2D eigenvalue weighted by atomic mass is 9.85. The first kappa shape index (κ1) is 21.5. The van der Waals surface area contributed by atoms with Gasteiger partial charge in [-0.05, 0) is 32.2 Å². The standard InChI is InChI=1S/C20H17F5N3O2.2H2/c1-9(12-4-3-11(21)7-14(12)22)27-16(29)8-13-18(20(23,24)25)17-10(2)26-6-5-15(17)28-19(13)30;;/h3-7,9,26H,8H2,1-2H3,(H,27,29)(H,28,30);2*1H/t9-;;/m0../s1. The zero-order valence-corrected chi connectivity index (χ0v) is 15.9. The number of benzene rings is 1. The van der Waals surface area contributed by atoms with Gasteiger partial charge in [0.25, 0.3) is 0 Å². The van der Waals surface area contributed by atoms with Gasteiger partial charge >= 0.3 is 6.18 Å². The van der Waals surface area contributed by atoms with Gasteiger partial charge in [-0.3, -0.25) is 9.59 Å². The Labute approximate surface area is 171 Å². The van der Waals surface area contributed by atoms with Crippen LogP contribution in [0.3, 0.4) is 0 Å². The molecule has 2 heterocycles. The monoisotopic (exact) mass is 430 g/mol. The molecule has 1 radical (unpaired) electrons. The Morgan fingerprint density at radius 1 is 1.27 bits per heavy atom. The number of fused-ring (bicyclic) bond motifs is 1. The maximum atomic E-state index is 13.9. The molecule has 0 aromatic heterocycles. The van der Waals surface area contributed by atoms with Crippen molar-refractivity contribution in [2.45, 2.75) is 32.5 Å². The summed E-state index contributed by atoms with van der Waals surface area (Å²) < 4.78 is 68.4. The summed E-state index contributed by atoms with van der Waals surface area (Å²) in [7, 11) is 0. The van der Waals surface area contributed by atoms with E-state index in [-0.39, 0.29) is 25.7 Å². The number of rotatable bonds is 4. The van der Waals surface area contributed by atoms with E-state index < -0.39 is 53.2 Å². The molecule has 1 aromatic rings. The van der Waals surface area contributed by atoms with Gasteiger partial charge in [-0.2, -0.15) is 13.2 Å². The van der Waals surface area contributed by atoms with Gasteiger partial charge in [-0.15, -0.1) is 0 Å². The fourth-order valence-electron chi connectivity index (χ4n) is 3.36. The number of carbonyl (C=O) groups excluding carboxylic acids is 2. The van der Waals surface area contributed by atoms with E-state index in [1.165, 1.54) is 26.1 Å². The van der Waals surface area contributed by atoms with Crippen LogP contribution in [0.2, 0.25) is 0 Å². The Balaban J connectivity index is 0.00000256. The number of dihydropyridines is 1. The van der Waals surface area contributed by atoms with Gasteiger partial charge in [0.05, 0.1) is 18.0 Å². The Morgan fingerprint density at radius 3 is 2.60 bits per heavy atom. The number of hydrogen-bond donors (Lipinski definition) is 3. The van der Waals surface area contributed by atoms with Crippen molar-refractivity contribution in [2.24, 2.45) is 0 Å². The zero-order chi connectivity index (χ0) is 22.2. The molecule has 1 atom stereocenters. The Bertz CT molecular complexity index is 1010. The number of alkyl halides is 3. The molecule has 5 nitrogen and oxygen atoms in total. The molecule has 2 aliphatic heterocycles. The lowest BCUT2D eigenvalue weighted by molar-refractivity contribution is -0.125. The molecule has 0 spiro atoms. The quantitative estimate of drug-likeness (QED) is 0.634. The number of allylic oxidation sites excluding steroid dienone is 1. The molecule has 3 N–H and O–H groups in total. The second-order valence-corrected chi connectivity index (χ2v) is 6.83. The van der Waals surface area contributed by atoms with E-state index in [9.17, 15) is 31.5 Å². The van der Waals surface area contributed by atoms with Gasteiger partial charge in [-0.25, -0.2) is 8.78 Å². The first-order chi connectivity index (χ1) is 14.0. The van der Waals surface area contributed by atoms with Crippen LogP contribution in [0.25, 0.3) is 0 Å². The van der Waals surface area contributed by atoms with E-state index >= 15 is 0 Å². The molecule has 2 aliphatic rings. The van der Waals surface area contributed by atoms with Crippen LogP contribution in [0.5, 0.6) is 0 Å². The average Bonchev–Trinajstić information content (AvgIpc) is 2.61. The molecule has 1 aromatic carbocycles. The van der Waals surface area contributed by atoms with Crippen LogP contribution >= 0.6 is 0 Å². The van der Waals surface area contributed by atoms with Crippen molar-refractivity contribution >= 4 is 11.8 Å². The van der Waals surface area contributed by atoms with Crippen molar-refractivity contribution < 1.29 is 34.4 Å². The predicted octanol–water partition coefficient (Wildman–Crippen LogP) is 3.94. The summed E-state index contributed by atoms with van der Waals surface area (Å²) in [6, 6.07) is 1.78. The molecule has 163 valence electrons. The van der Waals surface area contributed by atoms with Gasteiger partial charge in [0.1, 0.15) is 17.7 Å². The van der Waals surface area contributed by atoms with Crippen molar-refractivity contribution in [2.75, 3.05) is 0 Å². The van der Waals surface area contributed by atoms with Gasteiger partial charge in [0.15, 0.2) is 0 Å². The highest BCUT2D eigenvalue weighted by Gasteiger charge is 2.47. The summed E-state index contributed by atoms with van der Waals surface area (Å²) in [5.41, 5.74) is -2.07. The molecule has 3 rings (SSSR count). The van der Waals surface area contributed by atoms with Crippen molar-refractivity contribution in [1.82, 2.24) is 16.0 Å². The first-order valence-electron chi connectivity index (χ1n) is 8.86. The van der Waals surface area contributed by atoms with Crippen molar-refractivity contribution in [3.8, 4) is 0 Å². The van der Waals surface area contributed by atoms with E-state index in [1.807, 2.05) is 0 Å². The Kier molecular flexibility index (Phi) is 5.69. The fraction of sp³-hybridized carbons (Fsp3) is 0.250. The second kappa shape index (κ2) is 7.92. The summed E-state index contributed by atoms with van der Waals surface area (Å²) in [4.78, 5) is 24.7. The van der Waals surface area contributed by atoms with E-state index in [0.29, 0.717) is 6.07 Å². The molecule has 2 amide bonds. The van der Waals surface area contributed by atoms with Crippen LogP contribution in [0.1, 0.15) is 34.7 Å². The molecular weight excluding hydrogens is 409 g/mol. The highest BCUT2D eigenvalue weighted by atomic mass is 19.4. The molecule has 0 bridgehead atoms. The highest BCUT2D eigenvalue weighted by molar-refractivity contribution is 6.03. The second-order valence-electron chi connectivity index (χ2n) is 6.83. The number of nitrogens with one attached hydrogen (secondary N) is 3. The third kappa shape index (κ3) is 4.22. The fourth-order valence-corrected chi connectivity index (χ4v) is 3.36. The van der Waals surface area contributed by atoms with Crippen LogP contribution in [-0.4, -0.2) is 18.0 Å². The van der Waals surface area contributed by atoms with Crippen LogP contribution in [0.15, 0.2) is 52.9 Å². The number of hydrogen-bond acceptors (Lipinski definition) is 3. The zero-order valence-electron chi connectivity index (χ0n) is 15.9. The molecule has 30 heavy (non-hydrogen) atoms. The van der Waals surface area contributed by atoms with Crippen LogP contribution in [-0.2, 0) is 9.59 Å². The summed E-state index contributed by atoms with van der Waals surface area (Å²) in [6.45, 7) is 2.81. The van der Waals surface area contributed by atoms with Crippen LogP contribution in [0, 0.1) is 17.7 Å². The maximum absolute atomic E-state index is 13.9. The minimum Gasteiger partial charge on any atom is -0.365 e. The maximum Gasteiger partial charge on any atom is 0.417 e. The largest absolute Gasteiger partial charge is 0.417 e. The summed E-state index contributed by atoms with van der Waals surface area (Å²) in [5, 5.41) is 7.36. The van der Waals surface area contributed by atoms with E-state index in [0.717, 1.165) is 12.1 Å². The van der Waals surface area contributed by atoms with Gasteiger partial charge < -0.3 is 16.0 Å². The predicted molar refractivity (Wildman–Crippen MR) is 101 cm³/mol. The van der Waals surface area contributed by atoms with Crippen LogP contribution in [0.4, 0.5) is 22.0 Å². The highest BCUT2D eigenvalue weighted by Crippen LogP contribution is 2.43. The van der Waals surface area contributed by atoms with Crippen LogP contribution < -0.4 is 16.0 Å². The third-order valence-corrected chi connectivity index (χ3v) is 4.70. The van der Waals surface area contributed by atoms with Crippen molar-refractivity contribution in [3.05, 3.63) is 76.1 Å².